The Bertz CT molecular complexity index is 605. The van der Waals surface area contributed by atoms with Gasteiger partial charge in [0.15, 0.2) is 0 Å². The summed E-state index contributed by atoms with van der Waals surface area (Å²) in [6.45, 7) is 6.19. The Morgan fingerprint density at radius 2 is 1.95 bits per heavy atom. The molecule has 21 heavy (non-hydrogen) atoms. The molecule has 5 heteroatoms. The van der Waals surface area contributed by atoms with E-state index in [-0.39, 0.29) is 5.91 Å². The predicted molar refractivity (Wildman–Crippen MR) is 83.6 cm³/mol. The van der Waals surface area contributed by atoms with E-state index in [9.17, 15) is 4.79 Å². The molecule has 0 aliphatic carbocycles. The van der Waals surface area contributed by atoms with Crippen LogP contribution in [0.4, 0.5) is 5.69 Å². The molecule has 0 saturated carbocycles. The van der Waals surface area contributed by atoms with Gasteiger partial charge in [-0.3, -0.25) is 9.36 Å². The van der Waals surface area contributed by atoms with Crippen LogP contribution in [-0.2, 0) is 11.2 Å². The fourth-order valence-electron chi connectivity index (χ4n) is 2.32. The molecular formula is C16H22N4O. The van der Waals surface area contributed by atoms with E-state index in [1.54, 1.807) is 12.7 Å². The standard InChI is InChI=1S/C16H22N4O/c1-4-6-7-15(21)19-16-12(3)8-14(9-13(16)5-2)20-10-17-18-11-20/h8-11H,4-7H2,1-3H3,(H,19,21). The highest BCUT2D eigenvalue weighted by Gasteiger charge is 2.11. The highest BCUT2D eigenvalue weighted by molar-refractivity contribution is 5.92. The largest absolute Gasteiger partial charge is 0.326 e. The number of amides is 1. The number of unbranched alkanes of at least 4 members (excludes halogenated alkanes) is 1. The quantitative estimate of drug-likeness (QED) is 0.886. The van der Waals surface area contributed by atoms with Gasteiger partial charge < -0.3 is 5.32 Å². The van der Waals surface area contributed by atoms with Gasteiger partial charge in [-0.1, -0.05) is 20.3 Å². The Morgan fingerprint density at radius 1 is 1.24 bits per heavy atom. The third kappa shape index (κ3) is 3.68. The first-order valence-electron chi connectivity index (χ1n) is 7.44. The summed E-state index contributed by atoms with van der Waals surface area (Å²) in [5, 5.41) is 10.7. The molecule has 0 fully saturated rings. The van der Waals surface area contributed by atoms with Crippen molar-refractivity contribution in [3.8, 4) is 5.69 Å². The van der Waals surface area contributed by atoms with Gasteiger partial charge >= 0.3 is 0 Å². The molecule has 112 valence electrons. The molecule has 1 amide bonds. The number of carbonyl (C=O) groups excluding carboxylic acids is 1. The Kier molecular flexibility index (Phi) is 5.09. The van der Waals surface area contributed by atoms with Crippen LogP contribution in [0.3, 0.4) is 0 Å². The van der Waals surface area contributed by atoms with Gasteiger partial charge in [0.1, 0.15) is 12.7 Å². The van der Waals surface area contributed by atoms with Gasteiger partial charge in [0.2, 0.25) is 5.91 Å². The number of aromatic nitrogens is 3. The van der Waals surface area contributed by atoms with Gasteiger partial charge in [-0.25, -0.2) is 0 Å². The number of carbonyl (C=O) groups is 1. The molecule has 0 unspecified atom stereocenters. The molecule has 2 rings (SSSR count). The molecule has 1 aromatic carbocycles. The summed E-state index contributed by atoms with van der Waals surface area (Å²) in [5.74, 6) is 0.0895. The summed E-state index contributed by atoms with van der Waals surface area (Å²) in [4.78, 5) is 12.0. The third-order valence-corrected chi connectivity index (χ3v) is 3.52. The molecule has 0 spiro atoms. The van der Waals surface area contributed by atoms with Crippen molar-refractivity contribution >= 4 is 11.6 Å². The van der Waals surface area contributed by atoms with Crippen molar-refractivity contribution in [1.29, 1.82) is 0 Å². The monoisotopic (exact) mass is 286 g/mol. The molecule has 2 aromatic rings. The van der Waals surface area contributed by atoms with Gasteiger partial charge in [0.05, 0.1) is 0 Å². The van der Waals surface area contributed by atoms with E-state index < -0.39 is 0 Å². The van der Waals surface area contributed by atoms with Crippen LogP contribution >= 0.6 is 0 Å². The van der Waals surface area contributed by atoms with Crippen LogP contribution in [0, 0.1) is 6.92 Å². The number of nitrogens with zero attached hydrogens (tertiary/aromatic N) is 3. The number of hydrogen-bond acceptors (Lipinski definition) is 3. The van der Waals surface area contributed by atoms with Crippen LogP contribution in [0.25, 0.3) is 5.69 Å². The fraction of sp³-hybridized carbons (Fsp3) is 0.438. The predicted octanol–water partition coefficient (Wildman–Crippen LogP) is 3.27. The number of nitrogens with one attached hydrogen (secondary N) is 1. The molecular weight excluding hydrogens is 264 g/mol. The zero-order valence-electron chi connectivity index (χ0n) is 12.9. The molecule has 0 saturated heterocycles. The molecule has 0 radical (unpaired) electrons. The van der Waals surface area contributed by atoms with E-state index in [1.165, 1.54) is 0 Å². The second-order valence-corrected chi connectivity index (χ2v) is 5.17. The lowest BCUT2D eigenvalue weighted by Gasteiger charge is -2.15. The lowest BCUT2D eigenvalue weighted by Crippen LogP contribution is -2.14. The Hall–Kier alpha value is -2.17. The van der Waals surface area contributed by atoms with Crippen molar-refractivity contribution in [2.75, 3.05) is 5.32 Å². The molecule has 1 aromatic heterocycles. The number of benzene rings is 1. The minimum Gasteiger partial charge on any atom is -0.326 e. The summed E-state index contributed by atoms with van der Waals surface area (Å²) in [6, 6.07) is 4.11. The zero-order chi connectivity index (χ0) is 15.2. The topological polar surface area (TPSA) is 59.8 Å². The SMILES string of the molecule is CCCCC(=O)Nc1c(C)cc(-n2cnnc2)cc1CC. The second-order valence-electron chi connectivity index (χ2n) is 5.17. The first-order valence-corrected chi connectivity index (χ1v) is 7.44. The third-order valence-electron chi connectivity index (χ3n) is 3.52. The van der Waals surface area contributed by atoms with Crippen LogP contribution in [-0.4, -0.2) is 20.7 Å². The van der Waals surface area contributed by atoms with E-state index in [1.807, 2.05) is 17.6 Å². The highest BCUT2D eigenvalue weighted by Crippen LogP contribution is 2.25. The van der Waals surface area contributed by atoms with Gasteiger partial charge in [-0.2, -0.15) is 0 Å². The lowest BCUT2D eigenvalue weighted by atomic mass is 10.0. The van der Waals surface area contributed by atoms with Crippen molar-refractivity contribution in [2.45, 2.75) is 46.5 Å². The van der Waals surface area contributed by atoms with Crippen molar-refractivity contribution < 1.29 is 4.79 Å². The normalized spacial score (nSPS) is 10.6. The minimum absolute atomic E-state index is 0.0895. The van der Waals surface area contributed by atoms with Crippen LogP contribution in [0.1, 0.15) is 44.2 Å². The van der Waals surface area contributed by atoms with E-state index >= 15 is 0 Å². The van der Waals surface area contributed by atoms with Gasteiger partial charge in [-0.05, 0) is 43.0 Å². The lowest BCUT2D eigenvalue weighted by molar-refractivity contribution is -0.116. The maximum atomic E-state index is 12.0. The summed E-state index contributed by atoms with van der Waals surface area (Å²) >= 11 is 0. The van der Waals surface area contributed by atoms with Crippen LogP contribution in [0.2, 0.25) is 0 Å². The molecule has 0 aliphatic rings. The number of rotatable bonds is 6. The molecule has 5 nitrogen and oxygen atoms in total. The maximum absolute atomic E-state index is 12.0. The number of anilines is 1. The first-order chi connectivity index (χ1) is 10.2. The average Bonchev–Trinajstić information content (AvgIpc) is 3.01. The summed E-state index contributed by atoms with van der Waals surface area (Å²) in [5.41, 5.74) is 4.14. The average molecular weight is 286 g/mol. The van der Waals surface area contributed by atoms with Crippen molar-refractivity contribution in [2.24, 2.45) is 0 Å². The van der Waals surface area contributed by atoms with Crippen molar-refractivity contribution in [3.05, 3.63) is 35.9 Å². The van der Waals surface area contributed by atoms with Gasteiger partial charge in [0.25, 0.3) is 0 Å². The van der Waals surface area contributed by atoms with E-state index in [2.05, 4.69) is 35.4 Å². The van der Waals surface area contributed by atoms with Crippen LogP contribution < -0.4 is 5.32 Å². The first kappa shape index (κ1) is 15.2. The number of aryl methyl sites for hydroxylation is 2. The van der Waals surface area contributed by atoms with E-state index in [4.69, 9.17) is 0 Å². The molecule has 1 N–H and O–H groups in total. The second kappa shape index (κ2) is 7.02. The van der Waals surface area contributed by atoms with Gasteiger partial charge in [-0.15, -0.1) is 10.2 Å². The Labute approximate surface area is 125 Å². The molecule has 0 aliphatic heterocycles. The Balaban J connectivity index is 2.27. The Morgan fingerprint density at radius 3 is 2.57 bits per heavy atom. The zero-order valence-corrected chi connectivity index (χ0v) is 12.9. The fourth-order valence-corrected chi connectivity index (χ4v) is 2.32. The summed E-state index contributed by atoms with van der Waals surface area (Å²) in [7, 11) is 0. The van der Waals surface area contributed by atoms with Crippen molar-refractivity contribution in [1.82, 2.24) is 14.8 Å². The van der Waals surface area contributed by atoms with E-state index in [0.717, 1.165) is 41.8 Å². The minimum atomic E-state index is 0.0895. The number of hydrogen-bond donors (Lipinski definition) is 1. The summed E-state index contributed by atoms with van der Waals surface area (Å²) < 4.78 is 1.87. The summed E-state index contributed by atoms with van der Waals surface area (Å²) in [6.07, 6.45) is 6.73. The van der Waals surface area contributed by atoms with Gasteiger partial charge in [0, 0.05) is 17.8 Å². The molecule has 1 heterocycles. The molecule has 0 atom stereocenters. The van der Waals surface area contributed by atoms with Crippen molar-refractivity contribution in [3.63, 3.8) is 0 Å². The maximum Gasteiger partial charge on any atom is 0.224 e. The smallest absolute Gasteiger partial charge is 0.224 e. The van der Waals surface area contributed by atoms with E-state index in [0.29, 0.717) is 6.42 Å². The molecule has 0 bridgehead atoms. The van der Waals surface area contributed by atoms with Crippen LogP contribution in [0.15, 0.2) is 24.8 Å². The highest BCUT2D eigenvalue weighted by atomic mass is 16.1. The van der Waals surface area contributed by atoms with Crippen LogP contribution in [0.5, 0.6) is 0 Å².